The lowest BCUT2D eigenvalue weighted by atomic mass is 10.1. The van der Waals surface area contributed by atoms with Crippen LogP contribution in [-0.2, 0) is 4.79 Å². The molecule has 1 aliphatic heterocycles. The number of carbonyl (C=O) groups is 2. The third-order valence-electron chi connectivity index (χ3n) is 2.87. The molecule has 90 valence electrons. The molecule has 1 aliphatic rings. The number of hydrogen-bond donors (Lipinski definition) is 2. The molecule has 5 nitrogen and oxygen atoms in total. The van der Waals surface area contributed by atoms with Crippen LogP contribution in [0.2, 0.25) is 0 Å². The van der Waals surface area contributed by atoms with Crippen LogP contribution in [0.4, 0.5) is 5.69 Å². The monoisotopic (exact) mass is 234 g/mol. The van der Waals surface area contributed by atoms with Crippen molar-refractivity contribution >= 4 is 17.6 Å². The molecule has 2 N–H and O–H groups in total. The summed E-state index contributed by atoms with van der Waals surface area (Å²) < 4.78 is 0. The molecule has 0 unspecified atom stereocenters. The van der Waals surface area contributed by atoms with Gasteiger partial charge in [0.05, 0.1) is 12.2 Å². The van der Waals surface area contributed by atoms with E-state index in [-0.39, 0.29) is 11.5 Å². The van der Waals surface area contributed by atoms with Crippen LogP contribution < -0.4 is 10.2 Å². The van der Waals surface area contributed by atoms with Gasteiger partial charge in [0.1, 0.15) is 0 Å². The Morgan fingerprint density at radius 1 is 1.47 bits per heavy atom. The van der Waals surface area contributed by atoms with Crippen molar-refractivity contribution in [3.63, 3.8) is 0 Å². The van der Waals surface area contributed by atoms with Gasteiger partial charge in [0.25, 0.3) is 0 Å². The Morgan fingerprint density at radius 2 is 2.24 bits per heavy atom. The molecule has 0 radical (unpaired) electrons. The Hall–Kier alpha value is -2.04. The van der Waals surface area contributed by atoms with Gasteiger partial charge in [0, 0.05) is 18.7 Å². The maximum absolute atomic E-state index is 11.1. The minimum atomic E-state index is -0.938. The van der Waals surface area contributed by atoms with Crippen molar-refractivity contribution in [1.82, 2.24) is 5.32 Å². The topological polar surface area (TPSA) is 69.6 Å². The molecule has 1 heterocycles. The van der Waals surface area contributed by atoms with Gasteiger partial charge in [-0.25, -0.2) is 4.79 Å². The maximum atomic E-state index is 11.1. The smallest absolute Gasteiger partial charge is 0.335 e. The molecule has 5 heteroatoms. The largest absolute Gasteiger partial charge is 0.478 e. The lowest BCUT2D eigenvalue weighted by Crippen LogP contribution is -2.45. The van der Waals surface area contributed by atoms with Gasteiger partial charge in [0.2, 0.25) is 5.91 Å². The van der Waals surface area contributed by atoms with Gasteiger partial charge in [0.15, 0.2) is 0 Å². The number of nitrogens with one attached hydrogen (secondary N) is 1. The summed E-state index contributed by atoms with van der Waals surface area (Å²) in [6.45, 7) is 2.98. The molecule has 2 rings (SSSR count). The second-order valence-electron chi connectivity index (χ2n) is 4.08. The molecule has 1 fully saturated rings. The fourth-order valence-corrected chi connectivity index (χ4v) is 1.88. The van der Waals surface area contributed by atoms with E-state index < -0.39 is 5.97 Å². The van der Waals surface area contributed by atoms with Crippen LogP contribution in [-0.4, -0.2) is 30.2 Å². The molecular formula is C12H14N2O3. The zero-order valence-corrected chi connectivity index (χ0v) is 9.56. The fourth-order valence-electron chi connectivity index (χ4n) is 1.88. The third-order valence-corrected chi connectivity index (χ3v) is 2.87. The van der Waals surface area contributed by atoms with Gasteiger partial charge in [-0.15, -0.1) is 0 Å². The van der Waals surface area contributed by atoms with E-state index in [9.17, 15) is 9.59 Å². The van der Waals surface area contributed by atoms with Crippen LogP contribution in [0, 0.1) is 6.92 Å². The molecule has 1 aromatic carbocycles. The fraction of sp³-hybridized carbons (Fsp3) is 0.333. The van der Waals surface area contributed by atoms with E-state index in [0.717, 1.165) is 11.3 Å². The number of aromatic carboxylic acids is 1. The molecule has 0 bridgehead atoms. The van der Waals surface area contributed by atoms with Gasteiger partial charge in [-0.05, 0) is 24.6 Å². The Morgan fingerprint density at radius 3 is 2.82 bits per heavy atom. The highest BCUT2D eigenvalue weighted by Crippen LogP contribution is 2.22. The minimum absolute atomic E-state index is 0.0355. The number of nitrogens with zero attached hydrogens (tertiary/aromatic N) is 1. The van der Waals surface area contributed by atoms with Crippen molar-refractivity contribution in [1.29, 1.82) is 0 Å². The van der Waals surface area contributed by atoms with Crippen molar-refractivity contribution in [2.24, 2.45) is 0 Å². The SMILES string of the molecule is Cc1ccc(C(=O)O)cc1N1CCC(=O)NC1. The molecule has 1 aromatic rings. The van der Waals surface area contributed by atoms with Crippen LogP contribution in [0.25, 0.3) is 0 Å². The molecular weight excluding hydrogens is 220 g/mol. The number of carbonyl (C=O) groups excluding carboxylic acids is 1. The summed E-state index contributed by atoms with van der Waals surface area (Å²) in [6, 6.07) is 5.02. The number of aryl methyl sites for hydroxylation is 1. The quantitative estimate of drug-likeness (QED) is 0.800. The molecule has 0 aromatic heterocycles. The lowest BCUT2D eigenvalue weighted by Gasteiger charge is -2.30. The second kappa shape index (κ2) is 4.45. The summed E-state index contributed by atoms with van der Waals surface area (Å²) in [6.07, 6.45) is 0.441. The predicted molar refractivity (Wildman–Crippen MR) is 63.1 cm³/mol. The van der Waals surface area contributed by atoms with Crippen molar-refractivity contribution in [2.45, 2.75) is 13.3 Å². The van der Waals surface area contributed by atoms with E-state index in [1.165, 1.54) is 0 Å². The molecule has 17 heavy (non-hydrogen) atoms. The standard InChI is InChI=1S/C12H14N2O3/c1-8-2-3-9(12(16)17)6-10(8)14-5-4-11(15)13-7-14/h2-3,6H,4-5,7H2,1H3,(H,13,15)(H,16,17). The number of carboxylic acids is 1. The lowest BCUT2D eigenvalue weighted by molar-refractivity contribution is -0.121. The Kier molecular flexibility index (Phi) is 2.99. The first-order valence-corrected chi connectivity index (χ1v) is 5.43. The van der Waals surface area contributed by atoms with Gasteiger partial charge in [-0.1, -0.05) is 6.07 Å². The van der Waals surface area contributed by atoms with Crippen molar-refractivity contribution in [3.8, 4) is 0 Å². The maximum Gasteiger partial charge on any atom is 0.335 e. The minimum Gasteiger partial charge on any atom is -0.478 e. The average molecular weight is 234 g/mol. The van der Waals surface area contributed by atoms with Gasteiger partial charge >= 0.3 is 5.97 Å². The van der Waals surface area contributed by atoms with E-state index in [1.807, 2.05) is 11.8 Å². The number of amides is 1. The second-order valence-corrected chi connectivity index (χ2v) is 4.08. The summed E-state index contributed by atoms with van der Waals surface area (Å²) >= 11 is 0. The summed E-state index contributed by atoms with van der Waals surface area (Å²) in [4.78, 5) is 24.0. The average Bonchev–Trinajstić information content (AvgIpc) is 2.31. The first-order chi connectivity index (χ1) is 8.08. The molecule has 0 saturated carbocycles. The zero-order valence-electron chi connectivity index (χ0n) is 9.56. The molecule has 0 spiro atoms. The first-order valence-electron chi connectivity index (χ1n) is 5.43. The summed E-state index contributed by atoms with van der Waals surface area (Å²) in [5, 5.41) is 11.7. The van der Waals surface area contributed by atoms with Crippen molar-refractivity contribution in [2.75, 3.05) is 18.1 Å². The van der Waals surface area contributed by atoms with Crippen LogP contribution in [0.15, 0.2) is 18.2 Å². The Labute approximate surface area is 99.0 Å². The van der Waals surface area contributed by atoms with Crippen LogP contribution in [0.1, 0.15) is 22.3 Å². The zero-order chi connectivity index (χ0) is 12.4. The van der Waals surface area contributed by atoms with Gasteiger partial charge in [-0.2, -0.15) is 0 Å². The Bertz CT molecular complexity index is 461. The predicted octanol–water partition coefficient (Wildman–Crippen LogP) is 0.977. The van der Waals surface area contributed by atoms with E-state index >= 15 is 0 Å². The summed E-state index contributed by atoms with van der Waals surface area (Å²) in [5.74, 6) is -0.902. The number of benzene rings is 1. The molecule has 1 saturated heterocycles. The van der Waals surface area contributed by atoms with E-state index in [0.29, 0.717) is 19.6 Å². The number of rotatable bonds is 2. The molecule has 0 aliphatic carbocycles. The van der Waals surface area contributed by atoms with Crippen LogP contribution >= 0.6 is 0 Å². The van der Waals surface area contributed by atoms with E-state index in [1.54, 1.807) is 18.2 Å². The summed E-state index contributed by atoms with van der Waals surface area (Å²) in [5.41, 5.74) is 2.14. The normalized spacial score (nSPS) is 15.6. The van der Waals surface area contributed by atoms with Crippen LogP contribution in [0.5, 0.6) is 0 Å². The number of carboxylic acid groups (broad SMARTS) is 1. The van der Waals surface area contributed by atoms with Gasteiger partial charge in [-0.3, -0.25) is 4.79 Å². The van der Waals surface area contributed by atoms with E-state index in [2.05, 4.69) is 5.32 Å². The number of anilines is 1. The highest BCUT2D eigenvalue weighted by Gasteiger charge is 2.18. The van der Waals surface area contributed by atoms with Crippen molar-refractivity contribution < 1.29 is 14.7 Å². The number of hydrogen-bond acceptors (Lipinski definition) is 3. The van der Waals surface area contributed by atoms with Crippen molar-refractivity contribution in [3.05, 3.63) is 29.3 Å². The molecule has 1 amide bonds. The molecule has 0 atom stereocenters. The highest BCUT2D eigenvalue weighted by molar-refractivity contribution is 5.89. The van der Waals surface area contributed by atoms with Crippen LogP contribution in [0.3, 0.4) is 0 Å². The third kappa shape index (κ3) is 2.38. The van der Waals surface area contributed by atoms with Gasteiger partial charge < -0.3 is 15.3 Å². The highest BCUT2D eigenvalue weighted by atomic mass is 16.4. The summed E-state index contributed by atoms with van der Waals surface area (Å²) in [7, 11) is 0. The Balaban J connectivity index is 2.27. The first kappa shape index (κ1) is 11.4. The van der Waals surface area contributed by atoms with E-state index in [4.69, 9.17) is 5.11 Å².